The summed E-state index contributed by atoms with van der Waals surface area (Å²) in [6.45, 7) is 3.63. The smallest absolute Gasteiger partial charge is 0.264 e. The molecule has 0 aliphatic carbocycles. The summed E-state index contributed by atoms with van der Waals surface area (Å²) in [5, 5.41) is 0. The van der Waals surface area contributed by atoms with E-state index in [9.17, 15) is 0 Å². The Bertz CT molecular complexity index is 173. The second-order valence-electron chi connectivity index (χ2n) is 1.34. The summed E-state index contributed by atoms with van der Waals surface area (Å²) >= 11 is 3.07. The van der Waals surface area contributed by atoms with Crippen molar-refractivity contribution in [2.75, 3.05) is 0 Å². The molecule has 0 spiro atoms. The van der Waals surface area contributed by atoms with Gasteiger partial charge < -0.3 is 4.42 Å². The van der Waals surface area contributed by atoms with Crippen molar-refractivity contribution < 1.29 is 4.42 Å². The molecule has 8 heavy (non-hydrogen) atoms. The van der Waals surface area contributed by atoms with E-state index in [0.29, 0.717) is 11.2 Å². The fraction of sp³-hybridized carbons (Fsp3) is 0.200. The van der Waals surface area contributed by atoms with Crippen molar-refractivity contribution in [3.8, 4) is 0 Å². The largest absolute Gasteiger partial charge is 0.439 e. The standard InChI is InChI=1S/C5H5BrNO/c1-2-4-3-8-5(6)7-4/h3H,1-2H2. The minimum atomic E-state index is 0.524. The number of halogens is 1. The molecule has 0 amide bonds. The van der Waals surface area contributed by atoms with Gasteiger partial charge in [-0.2, -0.15) is 0 Å². The highest BCUT2D eigenvalue weighted by Crippen LogP contribution is 2.07. The van der Waals surface area contributed by atoms with Crippen LogP contribution in [0.3, 0.4) is 0 Å². The zero-order valence-corrected chi connectivity index (χ0v) is 5.81. The maximum absolute atomic E-state index is 4.82. The summed E-state index contributed by atoms with van der Waals surface area (Å²) in [5.41, 5.74) is 0.872. The summed E-state index contributed by atoms with van der Waals surface area (Å²) in [6, 6.07) is 0. The lowest BCUT2D eigenvalue weighted by Crippen LogP contribution is -1.75. The predicted octanol–water partition coefficient (Wildman–Crippen LogP) is 1.81. The molecule has 0 aliphatic rings. The van der Waals surface area contributed by atoms with E-state index >= 15 is 0 Å². The molecule has 0 bridgehead atoms. The Hall–Kier alpha value is -0.310. The summed E-state index contributed by atoms with van der Waals surface area (Å²) in [7, 11) is 0. The molecule has 0 aliphatic heterocycles. The molecule has 3 heteroatoms. The van der Waals surface area contributed by atoms with Crippen molar-refractivity contribution in [3.63, 3.8) is 0 Å². The SMILES string of the molecule is [CH2]Cc1coc(Br)n1. The van der Waals surface area contributed by atoms with E-state index < -0.39 is 0 Å². The van der Waals surface area contributed by atoms with Gasteiger partial charge in [0.1, 0.15) is 6.26 Å². The highest BCUT2D eigenvalue weighted by Gasteiger charge is 1.94. The van der Waals surface area contributed by atoms with Gasteiger partial charge in [-0.25, -0.2) is 4.98 Å². The van der Waals surface area contributed by atoms with E-state index in [1.807, 2.05) is 0 Å². The third-order valence-corrected chi connectivity index (χ3v) is 1.14. The molecule has 1 radical (unpaired) electrons. The lowest BCUT2D eigenvalue weighted by atomic mass is 10.4. The number of hydrogen-bond donors (Lipinski definition) is 0. The number of oxazole rings is 1. The normalized spacial score (nSPS) is 9.75. The van der Waals surface area contributed by atoms with Gasteiger partial charge in [-0.15, -0.1) is 0 Å². The van der Waals surface area contributed by atoms with Gasteiger partial charge in [-0.1, -0.05) is 0 Å². The number of aromatic nitrogens is 1. The Balaban J connectivity index is 2.84. The van der Waals surface area contributed by atoms with Crippen molar-refractivity contribution in [1.82, 2.24) is 4.98 Å². The predicted molar refractivity (Wildman–Crippen MR) is 33.3 cm³/mol. The van der Waals surface area contributed by atoms with Crippen LogP contribution in [0.15, 0.2) is 15.5 Å². The van der Waals surface area contributed by atoms with Gasteiger partial charge in [0.05, 0.1) is 5.69 Å². The molecule has 1 aromatic heterocycles. The Morgan fingerprint density at radius 2 is 2.62 bits per heavy atom. The van der Waals surface area contributed by atoms with Crippen molar-refractivity contribution in [2.24, 2.45) is 0 Å². The van der Waals surface area contributed by atoms with Crippen LogP contribution in [0.4, 0.5) is 0 Å². The molecule has 1 heterocycles. The molecule has 0 saturated heterocycles. The van der Waals surface area contributed by atoms with Crippen LogP contribution < -0.4 is 0 Å². The van der Waals surface area contributed by atoms with E-state index in [0.717, 1.165) is 5.69 Å². The molecule has 1 aromatic rings. The van der Waals surface area contributed by atoms with E-state index in [2.05, 4.69) is 27.8 Å². The summed E-state index contributed by atoms with van der Waals surface area (Å²) in [6.07, 6.45) is 2.26. The van der Waals surface area contributed by atoms with Gasteiger partial charge >= 0.3 is 0 Å². The molecular formula is C5H5BrNO. The minimum absolute atomic E-state index is 0.524. The van der Waals surface area contributed by atoms with Gasteiger partial charge in [0.15, 0.2) is 0 Å². The van der Waals surface area contributed by atoms with Crippen LogP contribution in [0.5, 0.6) is 0 Å². The fourth-order valence-corrected chi connectivity index (χ4v) is 0.718. The Labute approximate surface area is 56.0 Å². The monoisotopic (exact) mass is 174 g/mol. The van der Waals surface area contributed by atoms with Crippen molar-refractivity contribution in [3.05, 3.63) is 23.7 Å². The molecule has 0 atom stereocenters. The first-order valence-electron chi connectivity index (χ1n) is 2.22. The van der Waals surface area contributed by atoms with E-state index in [1.54, 1.807) is 6.26 Å². The van der Waals surface area contributed by atoms with E-state index in [-0.39, 0.29) is 0 Å². The first-order chi connectivity index (χ1) is 3.83. The maximum Gasteiger partial charge on any atom is 0.264 e. The van der Waals surface area contributed by atoms with Crippen molar-refractivity contribution in [2.45, 2.75) is 6.42 Å². The molecule has 0 saturated carbocycles. The molecule has 0 fully saturated rings. The van der Waals surface area contributed by atoms with Gasteiger partial charge in [0.2, 0.25) is 0 Å². The Morgan fingerprint density at radius 1 is 1.88 bits per heavy atom. The summed E-state index contributed by atoms with van der Waals surface area (Å²) in [5.74, 6) is 0. The highest BCUT2D eigenvalue weighted by atomic mass is 79.9. The quantitative estimate of drug-likeness (QED) is 0.650. The van der Waals surface area contributed by atoms with Crippen LogP contribution in [0.2, 0.25) is 0 Å². The molecule has 2 nitrogen and oxygen atoms in total. The molecular weight excluding hydrogens is 170 g/mol. The zero-order valence-electron chi connectivity index (χ0n) is 4.22. The van der Waals surface area contributed by atoms with Crippen LogP contribution in [-0.4, -0.2) is 4.98 Å². The topological polar surface area (TPSA) is 26.0 Å². The van der Waals surface area contributed by atoms with Crippen LogP contribution in [-0.2, 0) is 6.42 Å². The van der Waals surface area contributed by atoms with Crippen LogP contribution >= 0.6 is 15.9 Å². The van der Waals surface area contributed by atoms with Gasteiger partial charge in [0.25, 0.3) is 4.80 Å². The molecule has 0 aromatic carbocycles. The molecule has 1 rings (SSSR count). The van der Waals surface area contributed by atoms with Crippen LogP contribution in [0.1, 0.15) is 5.69 Å². The van der Waals surface area contributed by atoms with Gasteiger partial charge in [0, 0.05) is 15.9 Å². The fourth-order valence-electron chi connectivity index (χ4n) is 0.397. The first kappa shape index (κ1) is 5.82. The molecule has 43 valence electrons. The average molecular weight is 175 g/mol. The highest BCUT2D eigenvalue weighted by molar-refractivity contribution is 9.10. The summed E-state index contributed by atoms with van der Waals surface area (Å²) < 4.78 is 4.82. The van der Waals surface area contributed by atoms with Crippen molar-refractivity contribution in [1.29, 1.82) is 0 Å². The number of rotatable bonds is 1. The molecule has 0 N–H and O–H groups in total. The number of hydrogen-bond acceptors (Lipinski definition) is 2. The second-order valence-corrected chi connectivity index (χ2v) is 2.02. The van der Waals surface area contributed by atoms with Gasteiger partial charge in [-0.05, 0) is 13.3 Å². The third kappa shape index (κ3) is 1.10. The minimum Gasteiger partial charge on any atom is -0.439 e. The van der Waals surface area contributed by atoms with E-state index in [1.165, 1.54) is 0 Å². The number of nitrogens with zero attached hydrogens (tertiary/aromatic N) is 1. The maximum atomic E-state index is 4.82. The first-order valence-corrected chi connectivity index (χ1v) is 3.01. The van der Waals surface area contributed by atoms with Crippen LogP contribution in [0.25, 0.3) is 0 Å². The van der Waals surface area contributed by atoms with Gasteiger partial charge in [-0.3, -0.25) is 0 Å². The lowest BCUT2D eigenvalue weighted by Gasteiger charge is -1.75. The van der Waals surface area contributed by atoms with Crippen molar-refractivity contribution >= 4 is 15.9 Å². The van der Waals surface area contributed by atoms with E-state index in [4.69, 9.17) is 4.42 Å². The second kappa shape index (κ2) is 2.31. The third-order valence-electron chi connectivity index (χ3n) is 0.780. The van der Waals surface area contributed by atoms with Crippen LogP contribution in [0, 0.1) is 6.92 Å². The molecule has 0 unspecified atom stereocenters. The Kier molecular flexibility index (Phi) is 1.68. The summed E-state index contributed by atoms with van der Waals surface area (Å²) in [4.78, 5) is 4.44. The lowest BCUT2D eigenvalue weighted by molar-refractivity contribution is 0.528. The average Bonchev–Trinajstić information content (AvgIpc) is 2.14. The Morgan fingerprint density at radius 3 is 2.88 bits per heavy atom. The zero-order chi connectivity index (χ0) is 5.98.